The highest BCUT2D eigenvalue weighted by Crippen LogP contribution is 2.51. The Morgan fingerprint density at radius 3 is 2.36 bits per heavy atom. The number of hydrogen-bond acceptors (Lipinski definition) is 1. The predicted molar refractivity (Wildman–Crippen MR) is 41.1 cm³/mol. The van der Waals surface area contributed by atoms with E-state index in [2.05, 4.69) is 6.92 Å². The molecule has 2 fully saturated rings. The zero-order chi connectivity index (χ0) is 8.01. The van der Waals surface area contributed by atoms with Crippen molar-refractivity contribution in [3.8, 4) is 0 Å². The third kappa shape index (κ3) is 0.883. The molecule has 2 unspecified atom stereocenters. The van der Waals surface area contributed by atoms with Crippen LogP contribution >= 0.6 is 0 Å². The van der Waals surface area contributed by atoms with Gasteiger partial charge in [0.2, 0.25) is 0 Å². The SMILES string of the molecule is CC1C2CC[C@H](C2)[C@H]1C(=O)O. The van der Waals surface area contributed by atoms with Crippen LogP contribution in [0.15, 0.2) is 0 Å². The maximum absolute atomic E-state index is 10.8. The molecule has 4 atom stereocenters. The Bertz CT molecular complexity index is 186. The van der Waals surface area contributed by atoms with Crippen LogP contribution in [0.1, 0.15) is 26.2 Å². The summed E-state index contributed by atoms with van der Waals surface area (Å²) in [5.74, 6) is 1.08. The van der Waals surface area contributed by atoms with Gasteiger partial charge in [-0.25, -0.2) is 0 Å². The molecule has 0 aromatic rings. The average Bonchev–Trinajstić information content (AvgIpc) is 2.44. The van der Waals surface area contributed by atoms with Crippen molar-refractivity contribution in [2.45, 2.75) is 26.2 Å². The van der Waals surface area contributed by atoms with Crippen LogP contribution in [0.5, 0.6) is 0 Å². The van der Waals surface area contributed by atoms with Gasteiger partial charge in [0.25, 0.3) is 0 Å². The van der Waals surface area contributed by atoms with E-state index < -0.39 is 5.97 Å². The Morgan fingerprint density at radius 1 is 1.36 bits per heavy atom. The highest BCUT2D eigenvalue weighted by Gasteiger charge is 2.48. The van der Waals surface area contributed by atoms with Gasteiger partial charge in [0.05, 0.1) is 5.92 Å². The second-order valence-corrected chi connectivity index (χ2v) is 4.06. The van der Waals surface area contributed by atoms with Crippen molar-refractivity contribution in [1.29, 1.82) is 0 Å². The Kier molecular flexibility index (Phi) is 1.44. The minimum atomic E-state index is -0.565. The van der Waals surface area contributed by atoms with Crippen LogP contribution < -0.4 is 0 Å². The van der Waals surface area contributed by atoms with Gasteiger partial charge in [0.1, 0.15) is 0 Å². The van der Waals surface area contributed by atoms with Gasteiger partial charge >= 0.3 is 5.97 Å². The van der Waals surface area contributed by atoms with Crippen molar-refractivity contribution in [2.24, 2.45) is 23.7 Å². The smallest absolute Gasteiger partial charge is 0.307 e. The largest absolute Gasteiger partial charge is 0.481 e. The second-order valence-electron chi connectivity index (χ2n) is 4.06. The lowest BCUT2D eigenvalue weighted by atomic mass is 9.81. The zero-order valence-electron chi connectivity index (χ0n) is 6.79. The molecule has 2 aliphatic rings. The third-order valence-electron chi connectivity index (χ3n) is 3.62. The molecule has 0 aromatic carbocycles. The highest BCUT2D eigenvalue weighted by atomic mass is 16.4. The lowest BCUT2D eigenvalue weighted by Gasteiger charge is -2.24. The first-order valence-electron chi connectivity index (χ1n) is 4.43. The predicted octanol–water partition coefficient (Wildman–Crippen LogP) is 1.75. The van der Waals surface area contributed by atoms with Crippen molar-refractivity contribution in [1.82, 2.24) is 0 Å². The van der Waals surface area contributed by atoms with Crippen molar-refractivity contribution in [2.75, 3.05) is 0 Å². The Hall–Kier alpha value is -0.530. The molecule has 0 saturated heterocycles. The van der Waals surface area contributed by atoms with Gasteiger partial charge < -0.3 is 5.11 Å². The van der Waals surface area contributed by atoms with Crippen LogP contribution in [0, 0.1) is 23.7 Å². The quantitative estimate of drug-likeness (QED) is 0.624. The van der Waals surface area contributed by atoms with E-state index in [1.165, 1.54) is 12.8 Å². The van der Waals surface area contributed by atoms with Crippen LogP contribution in [-0.4, -0.2) is 11.1 Å². The van der Waals surface area contributed by atoms with Crippen molar-refractivity contribution in [3.05, 3.63) is 0 Å². The van der Waals surface area contributed by atoms with Gasteiger partial charge in [-0.3, -0.25) is 4.79 Å². The molecule has 2 rings (SSSR count). The maximum Gasteiger partial charge on any atom is 0.307 e. The first kappa shape index (κ1) is 7.14. The lowest BCUT2D eigenvalue weighted by molar-refractivity contribution is -0.145. The summed E-state index contributed by atoms with van der Waals surface area (Å²) < 4.78 is 0. The van der Waals surface area contributed by atoms with Crippen LogP contribution in [0.3, 0.4) is 0 Å². The molecular weight excluding hydrogens is 140 g/mol. The van der Waals surface area contributed by atoms with E-state index in [0.717, 1.165) is 12.3 Å². The molecule has 2 bridgehead atoms. The molecule has 2 aliphatic carbocycles. The number of hydrogen-bond donors (Lipinski definition) is 1. The maximum atomic E-state index is 10.8. The number of carbonyl (C=O) groups is 1. The average molecular weight is 154 g/mol. The second kappa shape index (κ2) is 2.23. The normalized spacial score (nSPS) is 48.1. The number of fused-ring (bicyclic) bond motifs is 2. The molecule has 2 nitrogen and oxygen atoms in total. The molecule has 2 saturated carbocycles. The first-order chi connectivity index (χ1) is 5.20. The molecular formula is C9H14O2. The van der Waals surface area contributed by atoms with E-state index in [9.17, 15) is 4.79 Å². The van der Waals surface area contributed by atoms with Gasteiger partial charge in [-0.2, -0.15) is 0 Å². The third-order valence-corrected chi connectivity index (χ3v) is 3.62. The molecule has 0 radical (unpaired) electrons. The summed E-state index contributed by atoms with van der Waals surface area (Å²) in [5, 5.41) is 8.91. The number of aliphatic carboxylic acids is 1. The standard InChI is InChI=1S/C9H14O2/c1-5-6-2-3-7(4-6)8(5)9(10)11/h5-8H,2-4H2,1H3,(H,10,11)/t5?,6?,7-,8+/m1/s1. The van der Waals surface area contributed by atoms with Gasteiger partial charge in [0.15, 0.2) is 0 Å². The lowest BCUT2D eigenvalue weighted by Crippen LogP contribution is -2.27. The fraction of sp³-hybridized carbons (Fsp3) is 0.889. The minimum absolute atomic E-state index is 0.0197. The summed E-state index contributed by atoms with van der Waals surface area (Å²) in [6, 6.07) is 0. The van der Waals surface area contributed by atoms with E-state index in [0.29, 0.717) is 11.8 Å². The van der Waals surface area contributed by atoms with E-state index in [4.69, 9.17) is 5.11 Å². The van der Waals surface area contributed by atoms with Crippen LogP contribution in [-0.2, 0) is 4.79 Å². The van der Waals surface area contributed by atoms with Crippen molar-refractivity contribution >= 4 is 5.97 Å². The van der Waals surface area contributed by atoms with E-state index in [1.54, 1.807) is 0 Å². The molecule has 0 amide bonds. The van der Waals surface area contributed by atoms with Gasteiger partial charge in [0, 0.05) is 0 Å². The molecule has 0 aromatic heterocycles. The molecule has 62 valence electrons. The van der Waals surface area contributed by atoms with Crippen LogP contribution in [0.4, 0.5) is 0 Å². The van der Waals surface area contributed by atoms with Crippen LogP contribution in [0.25, 0.3) is 0 Å². The summed E-state index contributed by atoms with van der Waals surface area (Å²) in [6.07, 6.45) is 3.61. The fourth-order valence-electron chi connectivity index (χ4n) is 3.01. The molecule has 2 heteroatoms. The van der Waals surface area contributed by atoms with Gasteiger partial charge in [-0.15, -0.1) is 0 Å². The molecule has 0 spiro atoms. The first-order valence-corrected chi connectivity index (χ1v) is 4.43. The summed E-state index contributed by atoms with van der Waals surface area (Å²) in [5.41, 5.74) is 0. The molecule has 0 aliphatic heterocycles. The topological polar surface area (TPSA) is 37.3 Å². The van der Waals surface area contributed by atoms with Crippen LogP contribution in [0.2, 0.25) is 0 Å². The zero-order valence-corrected chi connectivity index (χ0v) is 6.79. The van der Waals surface area contributed by atoms with Gasteiger partial charge in [-0.1, -0.05) is 6.92 Å². The Labute approximate surface area is 66.6 Å². The fourth-order valence-corrected chi connectivity index (χ4v) is 3.01. The number of carboxylic acids is 1. The Balaban J connectivity index is 2.17. The van der Waals surface area contributed by atoms with E-state index >= 15 is 0 Å². The van der Waals surface area contributed by atoms with Crippen molar-refractivity contribution in [3.63, 3.8) is 0 Å². The summed E-state index contributed by atoms with van der Waals surface area (Å²) >= 11 is 0. The number of rotatable bonds is 1. The molecule has 0 heterocycles. The Morgan fingerprint density at radius 2 is 2.00 bits per heavy atom. The van der Waals surface area contributed by atoms with Gasteiger partial charge in [-0.05, 0) is 37.0 Å². The highest BCUT2D eigenvalue weighted by molar-refractivity contribution is 5.71. The molecule has 1 N–H and O–H groups in total. The minimum Gasteiger partial charge on any atom is -0.481 e. The van der Waals surface area contributed by atoms with E-state index in [-0.39, 0.29) is 5.92 Å². The summed E-state index contributed by atoms with van der Waals surface area (Å²) in [4.78, 5) is 10.8. The summed E-state index contributed by atoms with van der Waals surface area (Å²) in [7, 11) is 0. The monoisotopic (exact) mass is 154 g/mol. The van der Waals surface area contributed by atoms with E-state index in [1.807, 2.05) is 0 Å². The number of carboxylic acid groups (broad SMARTS) is 1. The van der Waals surface area contributed by atoms with Crippen molar-refractivity contribution < 1.29 is 9.90 Å². The summed E-state index contributed by atoms with van der Waals surface area (Å²) in [6.45, 7) is 2.10. The molecule has 11 heavy (non-hydrogen) atoms.